The molecule has 0 aliphatic carbocycles. The fraction of sp³-hybridized carbons (Fsp3) is 0.571. The summed E-state index contributed by atoms with van der Waals surface area (Å²) in [6.07, 6.45) is 3.66. The van der Waals surface area contributed by atoms with Crippen molar-refractivity contribution in [1.82, 2.24) is 5.32 Å². The van der Waals surface area contributed by atoms with Crippen molar-refractivity contribution >= 4 is 0 Å². The Kier molecular flexibility index (Phi) is 3.94. The Labute approximate surface area is 97.1 Å². The Morgan fingerprint density at radius 1 is 1.31 bits per heavy atom. The molecule has 2 unspecified atom stereocenters. The molecule has 88 valence electrons. The summed E-state index contributed by atoms with van der Waals surface area (Å²) in [5.74, 6) is 1.19. The summed E-state index contributed by atoms with van der Waals surface area (Å²) < 4.78 is 12.9. The van der Waals surface area contributed by atoms with Crippen LogP contribution in [0.1, 0.15) is 37.7 Å². The monoisotopic (exact) mass is 221 g/mol. The van der Waals surface area contributed by atoms with Crippen LogP contribution in [0.25, 0.3) is 0 Å². The summed E-state index contributed by atoms with van der Waals surface area (Å²) in [5.41, 5.74) is 1.31. The van der Waals surface area contributed by atoms with E-state index in [9.17, 15) is 4.39 Å². The molecule has 0 aromatic heterocycles. The van der Waals surface area contributed by atoms with Crippen molar-refractivity contribution in [2.75, 3.05) is 13.1 Å². The van der Waals surface area contributed by atoms with Crippen molar-refractivity contribution in [3.05, 3.63) is 35.6 Å². The molecule has 1 fully saturated rings. The molecule has 1 heterocycles. The topological polar surface area (TPSA) is 12.0 Å². The number of rotatable bonds is 3. The predicted molar refractivity (Wildman–Crippen MR) is 65.0 cm³/mol. The van der Waals surface area contributed by atoms with Crippen molar-refractivity contribution in [1.29, 1.82) is 0 Å². The van der Waals surface area contributed by atoms with E-state index in [-0.39, 0.29) is 5.82 Å². The van der Waals surface area contributed by atoms with Gasteiger partial charge in [-0.3, -0.25) is 0 Å². The maximum Gasteiger partial charge on any atom is 0.123 e. The van der Waals surface area contributed by atoms with Crippen molar-refractivity contribution < 1.29 is 4.39 Å². The van der Waals surface area contributed by atoms with Gasteiger partial charge in [-0.2, -0.15) is 0 Å². The number of hydrogen-bond donors (Lipinski definition) is 1. The molecular formula is C14H20FN. The van der Waals surface area contributed by atoms with Crippen LogP contribution in [0.2, 0.25) is 0 Å². The van der Waals surface area contributed by atoms with Crippen LogP contribution in [0, 0.1) is 11.7 Å². The van der Waals surface area contributed by atoms with Crippen molar-refractivity contribution in [2.24, 2.45) is 5.92 Å². The van der Waals surface area contributed by atoms with Gasteiger partial charge in [0.1, 0.15) is 5.82 Å². The van der Waals surface area contributed by atoms with E-state index in [0.29, 0.717) is 11.8 Å². The summed E-state index contributed by atoms with van der Waals surface area (Å²) in [6.45, 7) is 4.43. The molecule has 1 N–H and O–H groups in total. The van der Waals surface area contributed by atoms with E-state index in [0.717, 1.165) is 13.1 Å². The average molecular weight is 221 g/mol. The summed E-state index contributed by atoms with van der Waals surface area (Å²) >= 11 is 0. The third-order valence-corrected chi connectivity index (χ3v) is 3.57. The molecular weight excluding hydrogens is 201 g/mol. The minimum Gasteiger partial charge on any atom is -0.316 e. The quantitative estimate of drug-likeness (QED) is 0.825. The lowest BCUT2D eigenvalue weighted by molar-refractivity contribution is 0.306. The van der Waals surface area contributed by atoms with Gasteiger partial charge >= 0.3 is 0 Å². The Bertz CT molecular complexity index is 318. The lowest BCUT2D eigenvalue weighted by atomic mass is 9.79. The van der Waals surface area contributed by atoms with Crippen molar-refractivity contribution in [3.8, 4) is 0 Å². The lowest BCUT2D eigenvalue weighted by Crippen LogP contribution is -2.35. The van der Waals surface area contributed by atoms with Crippen LogP contribution in [-0.2, 0) is 0 Å². The van der Waals surface area contributed by atoms with Crippen LogP contribution in [-0.4, -0.2) is 13.1 Å². The summed E-state index contributed by atoms with van der Waals surface area (Å²) in [6, 6.07) is 7.07. The fourth-order valence-corrected chi connectivity index (χ4v) is 2.75. The average Bonchev–Trinajstić information content (AvgIpc) is 2.32. The highest BCUT2D eigenvalue weighted by Crippen LogP contribution is 2.32. The van der Waals surface area contributed by atoms with E-state index in [1.54, 1.807) is 12.1 Å². The third-order valence-electron chi connectivity index (χ3n) is 3.57. The van der Waals surface area contributed by atoms with E-state index in [1.807, 2.05) is 12.1 Å². The molecule has 1 aromatic rings. The first-order valence-electron chi connectivity index (χ1n) is 6.27. The Balaban J connectivity index is 2.13. The third kappa shape index (κ3) is 2.62. The highest BCUT2D eigenvalue weighted by atomic mass is 19.1. The first-order chi connectivity index (χ1) is 7.81. The minimum atomic E-state index is -0.135. The van der Waals surface area contributed by atoms with Gasteiger partial charge in [0.2, 0.25) is 0 Å². The van der Waals surface area contributed by atoms with Crippen LogP contribution in [0.5, 0.6) is 0 Å². The molecule has 1 saturated heterocycles. The van der Waals surface area contributed by atoms with E-state index < -0.39 is 0 Å². The molecule has 0 spiro atoms. The fourth-order valence-electron chi connectivity index (χ4n) is 2.75. The second-order valence-corrected chi connectivity index (χ2v) is 4.70. The number of nitrogens with one attached hydrogen (secondary N) is 1. The molecule has 0 amide bonds. The number of halogens is 1. The maximum absolute atomic E-state index is 12.9. The van der Waals surface area contributed by atoms with Gasteiger partial charge in [-0.05, 0) is 55.5 Å². The normalized spacial score (nSPS) is 25.6. The van der Waals surface area contributed by atoms with Crippen LogP contribution in [0.4, 0.5) is 4.39 Å². The van der Waals surface area contributed by atoms with E-state index >= 15 is 0 Å². The second kappa shape index (κ2) is 5.44. The van der Waals surface area contributed by atoms with E-state index in [2.05, 4.69) is 12.2 Å². The van der Waals surface area contributed by atoms with Crippen LogP contribution in [0.15, 0.2) is 24.3 Å². The van der Waals surface area contributed by atoms with Crippen LogP contribution >= 0.6 is 0 Å². The SMILES string of the molecule is CCCC1CNCCC1c1ccc(F)cc1. The Morgan fingerprint density at radius 2 is 2.06 bits per heavy atom. The molecule has 1 aromatic carbocycles. The van der Waals surface area contributed by atoms with Crippen molar-refractivity contribution in [3.63, 3.8) is 0 Å². The van der Waals surface area contributed by atoms with E-state index in [1.165, 1.54) is 24.8 Å². The van der Waals surface area contributed by atoms with Gasteiger partial charge in [0.15, 0.2) is 0 Å². The van der Waals surface area contributed by atoms with Gasteiger partial charge in [0.25, 0.3) is 0 Å². The van der Waals surface area contributed by atoms with Gasteiger partial charge in [0.05, 0.1) is 0 Å². The summed E-state index contributed by atoms with van der Waals surface area (Å²) in [4.78, 5) is 0. The smallest absolute Gasteiger partial charge is 0.123 e. The van der Waals surface area contributed by atoms with Crippen LogP contribution < -0.4 is 5.32 Å². The molecule has 0 saturated carbocycles. The Hall–Kier alpha value is -0.890. The first kappa shape index (κ1) is 11.6. The van der Waals surface area contributed by atoms with Gasteiger partial charge in [0, 0.05) is 0 Å². The zero-order valence-electron chi connectivity index (χ0n) is 9.88. The largest absolute Gasteiger partial charge is 0.316 e. The summed E-state index contributed by atoms with van der Waals surface area (Å²) in [5, 5.41) is 3.46. The highest BCUT2D eigenvalue weighted by Gasteiger charge is 2.25. The highest BCUT2D eigenvalue weighted by molar-refractivity contribution is 5.22. The lowest BCUT2D eigenvalue weighted by Gasteiger charge is -2.32. The number of piperidine rings is 1. The maximum atomic E-state index is 12.9. The zero-order valence-corrected chi connectivity index (χ0v) is 9.88. The molecule has 16 heavy (non-hydrogen) atoms. The molecule has 2 rings (SSSR count). The molecule has 1 aliphatic heterocycles. The number of benzene rings is 1. The van der Waals surface area contributed by atoms with E-state index in [4.69, 9.17) is 0 Å². The second-order valence-electron chi connectivity index (χ2n) is 4.70. The molecule has 1 nitrogen and oxygen atoms in total. The standard InChI is InChI=1S/C14H20FN/c1-2-3-12-10-16-9-8-14(12)11-4-6-13(15)7-5-11/h4-7,12,14,16H,2-3,8-10H2,1H3. The zero-order chi connectivity index (χ0) is 11.4. The molecule has 2 heteroatoms. The van der Waals surface area contributed by atoms with Gasteiger partial charge in [-0.1, -0.05) is 25.5 Å². The van der Waals surface area contributed by atoms with Gasteiger partial charge in [-0.15, -0.1) is 0 Å². The molecule has 1 aliphatic rings. The first-order valence-corrected chi connectivity index (χ1v) is 6.27. The summed E-state index contributed by atoms with van der Waals surface area (Å²) in [7, 11) is 0. The number of hydrogen-bond acceptors (Lipinski definition) is 1. The molecule has 0 radical (unpaired) electrons. The molecule has 0 bridgehead atoms. The van der Waals surface area contributed by atoms with Gasteiger partial charge < -0.3 is 5.32 Å². The minimum absolute atomic E-state index is 0.135. The van der Waals surface area contributed by atoms with Crippen LogP contribution in [0.3, 0.4) is 0 Å². The van der Waals surface area contributed by atoms with Crippen molar-refractivity contribution in [2.45, 2.75) is 32.1 Å². The van der Waals surface area contributed by atoms with Gasteiger partial charge in [-0.25, -0.2) is 4.39 Å². The Morgan fingerprint density at radius 3 is 2.75 bits per heavy atom. The molecule has 2 atom stereocenters. The predicted octanol–water partition coefficient (Wildman–Crippen LogP) is 3.32.